The maximum Gasteiger partial charge on any atom is 0.312 e. The zero-order valence-electron chi connectivity index (χ0n) is 9.89. The summed E-state index contributed by atoms with van der Waals surface area (Å²) >= 11 is 3.52. The molecule has 0 aliphatic carbocycles. The highest BCUT2D eigenvalue weighted by Crippen LogP contribution is 2.19. The first-order chi connectivity index (χ1) is 8.22. The van der Waals surface area contributed by atoms with E-state index in [4.69, 9.17) is 5.73 Å². The summed E-state index contributed by atoms with van der Waals surface area (Å²) in [4.78, 5) is 12.1. The molecule has 0 heterocycles. The molecule has 0 fully saturated rings. The molecule has 2 amide bonds. The van der Waals surface area contributed by atoms with Gasteiger partial charge in [0.15, 0.2) is 0 Å². The van der Waals surface area contributed by atoms with Gasteiger partial charge in [-0.3, -0.25) is 0 Å². The Balaban J connectivity index is 2.40. The summed E-state index contributed by atoms with van der Waals surface area (Å²) in [5, 5.41) is 2.79. The fourth-order valence-corrected chi connectivity index (χ4v) is 2.89. The van der Waals surface area contributed by atoms with E-state index in [-0.39, 0.29) is 6.04 Å². The number of thioether (sulfide) groups is 2. The lowest BCUT2D eigenvalue weighted by molar-refractivity contribution is 0.246. The van der Waals surface area contributed by atoms with Crippen LogP contribution in [-0.2, 0) is 0 Å². The monoisotopic (exact) mass is 270 g/mol. The fourth-order valence-electron chi connectivity index (χ4n) is 1.37. The molecule has 5 heteroatoms. The zero-order valence-corrected chi connectivity index (χ0v) is 11.5. The molecule has 17 heavy (non-hydrogen) atoms. The fraction of sp³-hybridized carbons (Fsp3) is 0.417. The summed E-state index contributed by atoms with van der Waals surface area (Å²) < 4.78 is 0. The maximum atomic E-state index is 10.9. The maximum absolute atomic E-state index is 10.9. The number of carbonyl (C=O) groups excluding carboxylic acids is 1. The number of carbonyl (C=O) groups is 1. The minimum Gasteiger partial charge on any atom is -0.352 e. The third-order valence-electron chi connectivity index (χ3n) is 2.21. The van der Waals surface area contributed by atoms with E-state index in [0.29, 0.717) is 0 Å². The molecule has 1 aromatic carbocycles. The number of amides is 2. The van der Waals surface area contributed by atoms with E-state index in [1.165, 1.54) is 4.90 Å². The van der Waals surface area contributed by atoms with Crippen molar-refractivity contribution in [3.8, 4) is 0 Å². The zero-order chi connectivity index (χ0) is 12.5. The molecule has 0 bridgehead atoms. The molecule has 0 radical (unpaired) electrons. The van der Waals surface area contributed by atoms with E-state index in [9.17, 15) is 4.79 Å². The van der Waals surface area contributed by atoms with Gasteiger partial charge < -0.3 is 11.1 Å². The average Bonchev–Trinajstić information content (AvgIpc) is 2.33. The molecule has 94 valence electrons. The highest BCUT2D eigenvalue weighted by atomic mass is 32.2. The third kappa shape index (κ3) is 6.48. The molecule has 0 aromatic heterocycles. The summed E-state index contributed by atoms with van der Waals surface area (Å²) in [6.45, 7) is 0. The van der Waals surface area contributed by atoms with Gasteiger partial charge in [-0.1, -0.05) is 18.2 Å². The highest BCUT2D eigenvalue weighted by Gasteiger charge is 2.10. The van der Waals surface area contributed by atoms with Crippen LogP contribution in [0.3, 0.4) is 0 Å². The van der Waals surface area contributed by atoms with Gasteiger partial charge in [0.2, 0.25) is 0 Å². The second-order valence-corrected chi connectivity index (χ2v) is 5.69. The van der Waals surface area contributed by atoms with Crippen LogP contribution in [-0.4, -0.2) is 29.8 Å². The molecule has 3 N–H and O–H groups in total. The van der Waals surface area contributed by atoms with Crippen molar-refractivity contribution in [3.63, 3.8) is 0 Å². The Morgan fingerprint density at radius 3 is 2.71 bits per heavy atom. The summed E-state index contributed by atoms with van der Waals surface area (Å²) in [5.74, 6) is 1.88. The number of hydrogen-bond donors (Lipinski definition) is 2. The molecule has 0 saturated carbocycles. The van der Waals surface area contributed by atoms with Gasteiger partial charge in [0.25, 0.3) is 0 Å². The number of primary amides is 1. The number of urea groups is 1. The van der Waals surface area contributed by atoms with Crippen molar-refractivity contribution >= 4 is 29.6 Å². The SMILES string of the molecule is CSCC[C@@H](CSc1ccccc1)NC(N)=O. The van der Waals surface area contributed by atoms with E-state index in [0.717, 1.165) is 17.9 Å². The van der Waals surface area contributed by atoms with Crippen molar-refractivity contribution < 1.29 is 4.79 Å². The predicted octanol–water partition coefficient (Wildman–Crippen LogP) is 2.57. The number of benzene rings is 1. The van der Waals surface area contributed by atoms with E-state index in [2.05, 4.69) is 23.7 Å². The smallest absolute Gasteiger partial charge is 0.312 e. The van der Waals surface area contributed by atoms with Gasteiger partial charge in [-0.05, 0) is 30.6 Å². The van der Waals surface area contributed by atoms with Crippen LogP contribution >= 0.6 is 23.5 Å². The average molecular weight is 270 g/mol. The molecule has 0 saturated heterocycles. The molecule has 3 nitrogen and oxygen atoms in total. The van der Waals surface area contributed by atoms with Gasteiger partial charge in [0, 0.05) is 16.7 Å². The molecule has 1 rings (SSSR count). The van der Waals surface area contributed by atoms with Crippen molar-refractivity contribution in [2.24, 2.45) is 5.73 Å². The third-order valence-corrected chi connectivity index (χ3v) is 4.03. The van der Waals surface area contributed by atoms with Crippen LogP contribution in [0, 0.1) is 0 Å². The molecule has 0 aliphatic heterocycles. The molecule has 1 aromatic rings. The topological polar surface area (TPSA) is 55.1 Å². The van der Waals surface area contributed by atoms with E-state index < -0.39 is 6.03 Å². The first-order valence-electron chi connectivity index (χ1n) is 5.45. The van der Waals surface area contributed by atoms with Crippen LogP contribution in [0.25, 0.3) is 0 Å². The number of nitrogens with one attached hydrogen (secondary N) is 1. The second kappa shape index (κ2) is 8.31. The molecule has 0 aliphatic rings. The lowest BCUT2D eigenvalue weighted by atomic mass is 10.3. The summed E-state index contributed by atoms with van der Waals surface area (Å²) in [5.41, 5.74) is 5.17. The van der Waals surface area contributed by atoms with Gasteiger partial charge in [-0.25, -0.2) is 4.79 Å². The van der Waals surface area contributed by atoms with Gasteiger partial charge in [-0.15, -0.1) is 11.8 Å². The molecular formula is C12H18N2OS2. The number of nitrogens with two attached hydrogens (primary N) is 1. The van der Waals surface area contributed by atoms with Gasteiger partial charge in [0.05, 0.1) is 0 Å². The first-order valence-corrected chi connectivity index (χ1v) is 7.83. The van der Waals surface area contributed by atoms with Crippen LogP contribution in [0.5, 0.6) is 0 Å². The van der Waals surface area contributed by atoms with E-state index in [1.807, 2.05) is 18.2 Å². The Kier molecular flexibility index (Phi) is 6.96. The quantitative estimate of drug-likeness (QED) is 0.749. The standard InChI is InChI=1S/C12H18N2OS2/c1-16-8-7-10(14-12(13)15)9-17-11-5-3-2-4-6-11/h2-6,10H,7-9H2,1H3,(H3,13,14,15)/t10-/m0/s1. The van der Waals surface area contributed by atoms with E-state index in [1.54, 1.807) is 23.5 Å². The lowest BCUT2D eigenvalue weighted by Crippen LogP contribution is -2.40. The van der Waals surface area contributed by atoms with Crippen LogP contribution in [0.1, 0.15) is 6.42 Å². The molecule has 1 atom stereocenters. The minimum atomic E-state index is -0.440. The summed E-state index contributed by atoms with van der Waals surface area (Å²) in [6.07, 6.45) is 3.01. The number of hydrogen-bond acceptors (Lipinski definition) is 3. The van der Waals surface area contributed by atoms with Crippen LogP contribution in [0.4, 0.5) is 4.79 Å². The lowest BCUT2D eigenvalue weighted by Gasteiger charge is -2.16. The van der Waals surface area contributed by atoms with Gasteiger partial charge in [0.1, 0.15) is 0 Å². The summed E-state index contributed by atoms with van der Waals surface area (Å²) in [7, 11) is 0. The summed E-state index contributed by atoms with van der Waals surface area (Å²) in [6, 6.07) is 9.87. The predicted molar refractivity (Wildman–Crippen MR) is 76.7 cm³/mol. The highest BCUT2D eigenvalue weighted by molar-refractivity contribution is 7.99. The Hall–Kier alpha value is -0.810. The van der Waals surface area contributed by atoms with Crippen molar-refractivity contribution in [2.45, 2.75) is 17.4 Å². The Labute approximate surface area is 111 Å². The largest absolute Gasteiger partial charge is 0.352 e. The Bertz CT molecular complexity index is 333. The Morgan fingerprint density at radius 2 is 2.12 bits per heavy atom. The minimum absolute atomic E-state index is 0.144. The normalized spacial score (nSPS) is 12.1. The molecule has 0 spiro atoms. The second-order valence-electron chi connectivity index (χ2n) is 3.61. The molecular weight excluding hydrogens is 252 g/mol. The van der Waals surface area contributed by atoms with Crippen molar-refractivity contribution in [1.82, 2.24) is 5.32 Å². The molecule has 0 unspecified atom stereocenters. The van der Waals surface area contributed by atoms with Gasteiger partial charge in [-0.2, -0.15) is 11.8 Å². The first kappa shape index (κ1) is 14.3. The number of rotatable bonds is 7. The van der Waals surface area contributed by atoms with Crippen molar-refractivity contribution in [1.29, 1.82) is 0 Å². The van der Waals surface area contributed by atoms with Crippen LogP contribution < -0.4 is 11.1 Å². The Morgan fingerprint density at radius 1 is 1.41 bits per heavy atom. The van der Waals surface area contributed by atoms with E-state index >= 15 is 0 Å². The van der Waals surface area contributed by atoms with Crippen molar-refractivity contribution in [2.75, 3.05) is 17.8 Å². The van der Waals surface area contributed by atoms with Crippen LogP contribution in [0.2, 0.25) is 0 Å². The van der Waals surface area contributed by atoms with Crippen molar-refractivity contribution in [3.05, 3.63) is 30.3 Å². The van der Waals surface area contributed by atoms with Gasteiger partial charge >= 0.3 is 6.03 Å². The van der Waals surface area contributed by atoms with Crippen LogP contribution in [0.15, 0.2) is 35.2 Å².